The van der Waals surface area contributed by atoms with Crippen LogP contribution < -0.4 is 10.1 Å². The summed E-state index contributed by atoms with van der Waals surface area (Å²) in [5.41, 5.74) is 2.82. The Balaban J connectivity index is 1.83. The van der Waals surface area contributed by atoms with Crippen molar-refractivity contribution in [1.29, 1.82) is 0 Å². The van der Waals surface area contributed by atoms with Gasteiger partial charge in [0.1, 0.15) is 11.4 Å². The number of nitrogens with zero attached hydrogens (tertiary/aromatic N) is 2. The number of carbonyl (C=O) groups excluding carboxylic acids is 2. The van der Waals surface area contributed by atoms with Gasteiger partial charge in [-0.1, -0.05) is 49.0 Å². The summed E-state index contributed by atoms with van der Waals surface area (Å²) in [6.07, 6.45) is 0. The number of phenolic OH excluding ortho intramolecular Hbond substituents is 1. The highest BCUT2D eigenvalue weighted by Crippen LogP contribution is 2.36. The molecule has 0 atom stereocenters. The SMILES string of the molecule is C=C(C)C(=O)NCc1ccc(/N=N/c2cc(C(=O)c3ccccc3)c(O)cc2OCC)cc1. The number of ether oxygens (including phenoxy) is 1. The minimum Gasteiger partial charge on any atom is -0.507 e. The Kier molecular flexibility index (Phi) is 7.70. The van der Waals surface area contributed by atoms with Crippen molar-refractivity contribution in [2.24, 2.45) is 10.2 Å². The first-order valence-corrected chi connectivity index (χ1v) is 10.4. The quantitative estimate of drug-likeness (QED) is 0.254. The monoisotopic (exact) mass is 443 g/mol. The van der Waals surface area contributed by atoms with Gasteiger partial charge in [0, 0.05) is 23.7 Å². The number of aromatic hydroxyl groups is 1. The number of ketones is 1. The third-order valence-electron chi connectivity index (χ3n) is 4.71. The summed E-state index contributed by atoms with van der Waals surface area (Å²) in [5, 5.41) is 21.7. The van der Waals surface area contributed by atoms with E-state index in [4.69, 9.17) is 4.74 Å². The maximum absolute atomic E-state index is 12.8. The normalized spacial score (nSPS) is 10.7. The molecule has 0 aliphatic carbocycles. The maximum Gasteiger partial charge on any atom is 0.246 e. The molecule has 0 unspecified atom stereocenters. The highest BCUT2D eigenvalue weighted by atomic mass is 16.5. The minimum atomic E-state index is -0.325. The molecule has 168 valence electrons. The van der Waals surface area contributed by atoms with E-state index < -0.39 is 0 Å². The second-order valence-electron chi connectivity index (χ2n) is 7.29. The molecular weight excluding hydrogens is 418 g/mol. The molecule has 0 radical (unpaired) electrons. The maximum atomic E-state index is 12.8. The van der Waals surface area contributed by atoms with Crippen molar-refractivity contribution >= 4 is 23.1 Å². The first-order chi connectivity index (χ1) is 15.9. The molecule has 7 nitrogen and oxygen atoms in total. The predicted molar refractivity (Wildman–Crippen MR) is 126 cm³/mol. The van der Waals surface area contributed by atoms with E-state index in [0.717, 1.165) is 5.56 Å². The smallest absolute Gasteiger partial charge is 0.246 e. The van der Waals surface area contributed by atoms with E-state index in [1.54, 1.807) is 43.3 Å². The van der Waals surface area contributed by atoms with Gasteiger partial charge in [-0.05, 0) is 37.6 Å². The lowest BCUT2D eigenvalue weighted by Gasteiger charge is -2.10. The largest absolute Gasteiger partial charge is 0.507 e. The van der Waals surface area contributed by atoms with E-state index in [2.05, 4.69) is 22.1 Å². The van der Waals surface area contributed by atoms with Crippen molar-refractivity contribution in [2.45, 2.75) is 20.4 Å². The lowest BCUT2D eigenvalue weighted by molar-refractivity contribution is -0.117. The number of nitrogens with one attached hydrogen (secondary N) is 1. The fraction of sp³-hybridized carbons (Fsp3) is 0.154. The summed E-state index contributed by atoms with van der Waals surface area (Å²) in [7, 11) is 0. The molecule has 3 aromatic rings. The lowest BCUT2D eigenvalue weighted by atomic mass is 10.0. The molecule has 3 aromatic carbocycles. The van der Waals surface area contributed by atoms with Gasteiger partial charge in [-0.2, -0.15) is 5.11 Å². The average molecular weight is 444 g/mol. The number of amides is 1. The number of phenols is 1. The van der Waals surface area contributed by atoms with Crippen LogP contribution in [0.3, 0.4) is 0 Å². The van der Waals surface area contributed by atoms with Crippen molar-refractivity contribution in [3.8, 4) is 11.5 Å². The summed E-state index contributed by atoms with van der Waals surface area (Å²) < 4.78 is 5.57. The zero-order valence-electron chi connectivity index (χ0n) is 18.5. The van der Waals surface area contributed by atoms with Gasteiger partial charge in [0.25, 0.3) is 0 Å². The second kappa shape index (κ2) is 10.9. The lowest BCUT2D eigenvalue weighted by Crippen LogP contribution is -2.22. The Morgan fingerprint density at radius 2 is 1.73 bits per heavy atom. The topological polar surface area (TPSA) is 100 Å². The molecule has 0 fully saturated rings. The molecule has 33 heavy (non-hydrogen) atoms. The van der Waals surface area contributed by atoms with Crippen LogP contribution >= 0.6 is 0 Å². The van der Waals surface area contributed by atoms with Crippen LogP contribution in [0.5, 0.6) is 11.5 Å². The number of azo groups is 1. The number of hydrogen-bond acceptors (Lipinski definition) is 6. The third kappa shape index (κ3) is 6.13. The van der Waals surface area contributed by atoms with Crippen LogP contribution in [0, 0.1) is 0 Å². The van der Waals surface area contributed by atoms with Gasteiger partial charge in [-0.3, -0.25) is 9.59 Å². The standard InChI is InChI=1S/C26H25N3O4/c1-4-33-24-15-23(30)21(25(31)19-8-6-5-7-9-19)14-22(24)29-28-20-12-10-18(11-13-20)16-27-26(32)17(2)3/h5-15,30H,2,4,16H2,1,3H3,(H,27,32)/b29-28+. The number of rotatable bonds is 9. The Bertz CT molecular complexity index is 1190. The van der Waals surface area contributed by atoms with Crippen molar-refractivity contribution < 1.29 is 19.4 Å². The molecule has 1 amide bonds. The number of hydrogen-bond donors (Lipinski definition) is 2. The van der Waals surface area contributed by atoms with Crippen LogP contribution in [0.2, 0.25) is 0 Å². The van der Waals surface area contributed by atoms with E-state index >= 15 is 0 Å². The van der Waals surface area contributed by atoms with E-state index in [0.29, 0.717) is 41.4 Å². The molecule has 0 spiro atoms. The van der Waals surface area contributed by atoms with E-state index in [1.165, 1.54) is 12.1 Å². The zero-order chi connectivity index (χ0) is 23.8. The molecule has 7 heteroatoms. The van der Waals surface area contributed by atoms with Crippen molar-refractivity contribution in [3.63, 3.8) is 0 Å². The second-order valence-corrected chi connectivity index (χ2v) is 7.29. The van der Waals surface area contributed by atoms with Crippen molar-refractivity contribution in [2.75, 3.05) is 6.61 Å². The molecule has 0 aliphatic rings. The van der Waals surface area contributed by atoms with Crippen LogP contribution in [0.1, 0.15) is 35.3 Å². The van der Waals surface area contributed by atoms with Crippen LogP contribution in [0.4, 0.5) is 11.4 Å². The molecular formula is C26H25N3O4. The molecule has 0 saturated carbocycles. The van der Waals surface area contributed by atoms with Gasteiger partial charge in [0.05, 0.1) is 17.9 Å². The summed E-state index contributed by atoms with van der Waals surface area (Å²) in [6, 6.07) is 18.7. The summed E-state index contributed by atoms with van der Waals surface area (Å²) >= 11 is 0. The minimum absolute atomic E-state index is 0.113. The van der Waals surface area contributed by atoms with Gasteiger partial charge in [-0.25, -0.2) is 0 Å². The number of carbonyl (C=O) groups is 2. The Hall–Kier alpha value is -4.26. The molecule has 2 N–H and O–H groups in total. The van der Waals surface area contributed by atoms with Gasteiger partial charge in [0.15, 0.2) is 11.5 Å². The molecule has 0 aliphatic heterocycles. The van der Waals surface area contributed by atoms with Crippen molar-refractivity contribution in [3.05, 3.63) is 95.6 Å². The molecule has 0 heterocycles. The Labute approximate surface area is 192 Å². The molecule has 0 saturated heterocycles. The fourth-order valence-electron chi connectivity index (χ4n) is 2.96. The molecule has 0 aromatic heterocycles. The fourth-order valence-corrected chi connectivity index (χ4v) is 2.96. The van der Waals surface area contributed by atoms with Crippen LogP contribution in [0.15, 0.2) is 89.1 Å². The van der Waals surface area contributed by atoms with Gasteiger partial charge in [0.2, 0.25) is 5.91 Å². The molecule has 3 rings (SSSR count). The first-order valence-electron chi connectivity index (χ1n) is 10.4. The highest BCUT2D eigenvalue weighted by molar-refractivity contribution is 6.11. The van der Waals surface area contributed by atoms with E-state index in [-0.39, 0.29) is 23.0 Å². The Morgan fingerprint density at radius 1 is 1.03 bits per heavy atom. The predicted octanol–water partition coefficient (Wildman–Crippen LogP) is 5.63. The Morgan fingerprint density at radius 3 is 2.36 bits per heavy atom. The van der Waals surface area contributed by atoms with Crippen LogP contribution in [-0.2, 0) is 11.3 Å². The summed E-state index contributed by atoms with van der Waals surface area (Å²) in [5.74, 6) is -0.390. The summed E-state index contributed by atoms with van der Waals surface area (Å²) in [6.45, 7) is 7.81. The van der Waals surface area contributed by atoms with Crippen LogP contribution in [-0.4, -0.2) is 23.4 Å². The van der Waals surface area contributed by atoms with Crippen LogP contribution in [0.25, 0.3) is 0 Å². The average Bonchev–Trinajstić information content (AvgIpc) is 2.83. The van der Waals surface area contributed by atoms with E-state index in [1.807, 2.05) is 25.1 Å². The van der Waals surface area contributed by atoms with Gasteiger partial charge >= 0.3 is 0 Å². The summed E-state index contributed by atoms with van der Waals surface area (Å²) in [4.78, 5) is 24.5. The number of benzene rings is 3. The third-order valence-corrected chi connectivity index (χ3v) is 4.71. The molecule has 0 bridgehead atoms. The zero-order valence-corrected chi connectivity index (χ0v) is 18.5. The van der Waals surface area contributed by atoms with Gasteiger partial charge in [-0.15, -0.1) is 5.11 Å². The first kappa shape index (κ1) is 23.4. The van der Waals surface area contributed by atoms with Crippen molar-refractivity contribution in [1.82, 2.24) is 5.32 Å². The highest BCUT2D eigenvalue weighted by Gasteiger charge is 2.18. The van der Waals surface area contributed by atoms with Gasteiger partial charge < -0.3 is 15.2 Å². The van der Waals surface area contributed by atoms with E-state index in [9.17, 15) is 14.7 Å².